The number of nitriles is 1. The van der Waals surface area contributed by atoms with Crippen LogP contribution in [0, 0.1) is 18.3 Å². The number of azo groups is 1. The van der Waals surface area contributed by atoms with Gasteiger partial charge in [0.1, 0.15) is 11.6 Å². The van der Waals surface area contributed by atoms with Crippen molar-refractivity contribution in [2.24, 2.45) is 10.2 Å². The van der Waals surface area contributed by atoms with Gasteiger partial charge in [0.05, 0.1) is 5.69 Å². The molecule has 1 aromatic heterocycles. The highest BCUT2D eigenvalue weighted by molar-refractivity contribution is 5.94. The van der Waals surface area contributed by atoms with Gasteiger partial charge < -0.3 is 10.0 Å². The van der Waals surface area contributed by atoms with Crippen LogP contribution in [0.15, 0.2) is 39.3 Å². The van der Waals surface area contributed by atoms with Gasteiger partial charge in [-0.2, -0.15) is 10.4 Å². The maximum Gasteiger partial charge on any atom is 0.281 e. The van der Waals surface area contributed by atoms with E-state index in [4.69, 9.17) is 0 Å². The molecular weight excluding hydrogens is 382 g/mol. The molecular formula is C22H27N5O3. The van der Waals surface area contributed by atoms with Gasteiger partial charge in [-0.3, -0.25) is 14.2 Å². The third kappa shape index (κ3) is 4.74. The van der Waals surface area contributed by atoms with Crippen LogP contribution in [-0.2, 0) is 6.54 Å². The highest BCUT2D eigenvalue weighted by atomic mass is 16.3. The van der Waals surface area contributed by atoms with Crippen LogP contribution in [0.5, 0.6) is 5.88 Å². The molecule has 0 saturated carbocycles. The molecule has 8 nitrogen and oxygen atoms in total. The second-order valence-corrected chi connectivity index (χ2v) is 6.82. The molecule has 2 rings (SSSR count). The van der Waals surface area contributed by atoms with Crippen molar-refractivity contribution in [3.63, 3.8) is 0 Å². The van der Waals surface area contributed by atoms with E-state index in [9.17, 15) is 20.0 Å². The van der Waals surface area contributed by atoms with E-state index >= 15 is 0 Å². The minimum Gasteiger partial charge on any atom is -0.493 e. The molecule has 1 heterocycles. The number of aromatic nitrogens is 1. The predicted molar refractivity (Wildman–Crippen MR) is 115 cm³/mol. The molecule has 158 valence electrons. The fourth-order valence-electron chi connectivity index (χ4n) is 3.05. The summed E-state index contributed by atoms with van der Waals surface area (Å²) in [7, 11) is 0. The first-order valence-electron chi connectivity index (χ1n) is 10.1. The Kier molecular flexibility index (Phi) is 7.87. The average molecular weight is 409 g/mol. The molecule has 8 heteroatoms. The van der Waals surface area contributed by atoms with Crippen LogP contribution in [0.3, 0.4) is 0 Å². The van der Waals surface area contributed by atoms with E-state index in [-0.39, 0.29) is 28.6 Å². The average Bonchev–Trinajstić information content (AvgIpc) is 2.75. The number of benzene rings is 1. The lowest BCUT2D eigenvalue weighted by atomic mass is 10.1. The molecule has 0 spiro atoms. The number of amides is 1. The van der Waals surface area contributed by atoms with Gasteiger partial charge in [-0.1, -0.05) is 13.3 Å². The number of pyridine rings is 1. The number of hydrogen-bond donors (Lipinski definition) is 1. The summed E-state index contributed by atoms with van der Waals surface area (Å²) in [5.74, 6) is -0.401. The van der Waals surface area contributed by atoms with Crippen LogP contribution < -0.4 is 5.56 Å². The van der Waals surface area contributed by atoms with Gasteiger partial charge in [0.15, 0.2) is 5.69 Å². The number of nitrogens with zero attached hydrogens (tertiary/aromatic N) is 5. The van der Waals surface area contributed by atoms with Gasteiger partial charge in [-0.15, -0.1) is 5.11 Å². The van der Waals surface area contributed by atoms with Crippen LogP contribution >= 0.6 is 0 Å². The van der Waals surface area contributed by atoms with Crippen molar-refractivity contribution in [1.29, 1.82) is 5.26 Å². The Balaban J connectivity index is 2.39. The van der Waals surface area contributed by atoms with Crippen LogP contribution in [0.4, 0.5) is 11.4 Å². The standard InChI is InChI=1S/C22H27N5O3/c1-5-8-13-27-21(29)18(14-23)15(4)19(22(27)30)25-24-17-11-9-16(10-12-17)20(28)26(6-2)7-3/h9-12,29H,5-8,13H2,1-4H3. The molecule has 0 aliphatic carbocycles. The first-order valence-corrected chi connectivity index (χ1v) is 10.1. The summed E-state index contributed by atoms with van der Waals surface area (Å²) in [5, 5.41) is 27.8. The molecule has 0 aliphatic heterocycles. The topological polar surface area (TPSA) is 111 Å². The maximum atomic E-state index is 12.8. The van der Waals surface area contributed by atoms with Crippen LogP contribution in [0.25, 0.3) is 0 Å². The van der Waals surface area contributed by atoms with Crippen molar-refractivity contribution in [3.8, 4) is 11.9 Å². The summed E-state index contributed by atoms with van der Waals surface area (Å²) >= 11 is 0. The molecule has 1 N–H and O–H groups in total. The predicted octanol–water partition coefficient (Wildman–Crippen LogP) is 4.43. The lowest BCUT2D eigenvalue weighted by Gasteiger charge is -2.18. The molecule has 2 aromatic rings. The van der Waals surface area contributed by atoms with Crippen LogP contribution in [-0.4, -0.2) is 33.6 Å². The molecule has 0 aliphatic rings. The van der Waals surface area contributed by atoms with E-state index < -0.39 is 5.56 Å². The minimum absolute atomic E-state index is 0.0137. The first-order chi connectivity index (χ1) is 14.4. The fraction of sp³-hybridized carbons (Fsp3) is 0.409. The minimum atomic E-state index is -0.491. The summed E-state index contributed by atoms with van der Waals surface area (Å²) in [6.07, 6.45) is 1.51. The molecule has 30 heavy (non-hydrogen) atoms. The molecule has 0 unspecified atom stereocenters. The number of aromatic hydroxyl groups is 1. The SMILES string of the molecule is CCCCn1c(O)c(C#N)c(C)c(N=Nc2ccc(C(=O)N(CC)CC)cc2)c1=O. The molecule has 1 aromatic carbocycles. The summed E-state index contributed by atoms with van der Waals surface area (Å²) in [6, 6.07) is 8.56. The van der Waals surface area contributed by atoms with Crippen molar-refractivity contribution < 1.29 is 9.90 Å². The monoisotopic (exact) mass is 409 g/mol. The largest absolute Gasteiger partial charge is 0.493 e. The summed E-state index contributed by atoms with van der Waals surface area (Å²) in [6.45, 7) is 8.92. The molecule has 0 saturated heterocycles. The Labute approximate surface area is 176 Å². The van der Waals surface area contributed by atoms with Gasteiger partial charge in [0.2, 0.25) is 5.88 Å². The second-order valence-electron chi connectivity index (χ2n) is 6.82. The lowest BCUT2D eigenvalue weighted by molar-refractivity contribution is 0.0773. The van der Waals surface area contributed by atoms with E-state index in [1.54, 1.807) is 36.1 Å². The maximum absolute atomic E-state index is 12.8. The van der Waals surface area contributed by atoms with Crippen LogP contribution in [0.2, 0.25) is 0 Å². The molecule has 1 amide bonds. The molecule has 0 radical (unpaired) electrons. The Hall–Kier alpha value is -3.47. The smallest absolute Gasteiger partial charge is 0.281 e. The van der Waals surface area contributed by atoms with Gasteiger partial charge in [0, 0.05) is 30.8 Å². The van der Waals surface area contributed by atoms with Gasteiger partial charge in [-0.25, -0.2) is 0 Å². The number of hydrogen-bond acceptors (Lipinski definition) is 6. The molecule has 0 atom stereocenters. The zero-order valence-corrected chi connectivity index (χ0v) is 17.8. The van der Waals surface area contributed by atoms with Crippen molar-refractivity contribution in [2.75, 3.05) is 13.1 Å². The number of carbonyl (C=O) groups is 1. The second kappa shape index (κ2) is 10.3. The van der Waals surface area contributed by atoms with Crippen molar-refractivity contribution >= 4 is 17.3 Å². The summed E-state index contributed by atoms with van der Waals surface area (Å²) in [4.78, 5) is 26.9. The Morgan fingerprint density at radius 2 is 1.80 bits per heavy atom. The molecule has 0 fully saturated rings. The Morgan fingerprint density at radius 3 is 2.33 bits per heavy atom. The number of unbranched alkanes of at least 4 members (excludes halogenated alkanes) is 1. The normalized spacial score (nSPS) is 10.9. The van der Waals surface area contributed by atoms with Crippen LogP contribution in [0.1, 0.15) is 55.1 Å². The molecule has 0 bridgehead atoms. The van der Waals surface area contributed by atoms with Gasteiger partial charge in [0.25, 0.3) is 11.5 Å². The van der Waals surface area contributed by atoms with Gasteiger partial charge in [-0.05, 0) is 51.5 Å². The third-order valence-electron chi connectivity index (χ3n) is 4.93. The van der Waals surface area contributed by atoms with Crippen molar-refractivity contribution in [3.05, 3.63) is 51.3 Å². The first kappa shape index (κ1) is 22.8. The lowest BCUT2D eigenvalue weighted by Crippen LogP contribution is -2.30. The number of carbonyl (C=O) groups excluding carboxylic acids is 1. The van der Waals surface area contributed by atoms with Crippen molar-refractivity contribution in [1.82, 2.24) is 9.47 Å². The van der Waals surface area contributed by atoms with E-state index in [1.165, 1.54) is 0 Å². The van der Waals surface area contributed by atoms with E-state index in [2.05, 4.69) is 10.2 Å². The highest BCUT2D eigenvalue weighted by Crippen LogP contribution is 2.27. The Bertz CT molecular complexity index is 1030. The highest BCUT2D eigenvalue weighted by Gasteiger charge is 2.19. The zero-order chi connectivity index (χ0) is 22.3. The summed E-state index contributed by atoms with van der Waals surface area (Å²) in [5.41, 5.74) is 0.840. The zero-order valence-electron chi connectivity index (χ0n) is 17.8. The number of rotatable bonds is 8. The summed E-state index contributed by atoms with van der Waals surface area (Å²) < 4.78 is 1.16. The quantitative estimate of drug-likeness (QED) is 0.650. The van der Waals surface area contributed by atoms with Crippen molar-refractivity contribution in [2.45, 2.75) is 47.1 Å². The van der Waals surface area contributed by atoms with E-state index in [0.717, 1.165) is 11.0 Å². The van der Waals surface area contributed by atoms with E-state index in [0.29, 0.717) is 37.3 Å². The fourth-order valence-corrected chi connectivity index (χ4v) is 3.05. The van der Waals surface area contributed by atoms with E-state index in [1.807, 2.05) is 26.8 Å². The Morgan fingerprint density at radius 1 is 1.17 bits per heavy atom. The third-order valence-corrected chi connectivity index (χ3v) is 4.93. The van der Waals surface area contributed by atoms with Gasteiger partial charge >= 0.3 is 0 Å².